The first-order valence-electron chi connectivity index (χ1n) is 6.44. The number of nitrogens with zero attached hydrogens (tertiary/aromatic N) is 1. The van der Waals surface area contributed by atoms with Crippen LogP contribution in [0.4, 0.5) is 5.69 Å². The number of nitrogens with two attached hydrogens (primary N) is 1. The Labute approximate surface area is 113 Å². The van der Waals surface area contributed by atoms with Crippen LogP contribution in [0, 0.1) is 0 Å². The molecule has 0 aliphatic carbocycles. The summed E-state index contributed by atoms with van der Waals surface area (Å²) in [5, 5.41) is 0. The Morgan fingerprint density at radius 2 is 2.11 bits per heavy atom. The highest BCUT2D eigenvalue weighted by Gasteiger charge is 2.48. The molecule has 5 heteroatoms. The topological polar surface area (TPSA) is 66.5 Å². The molecule has 0 spiro atoms. The Balaban J connectivity index is 2.14. The number of carbonyl (C=O) groups excluding carboxylic acids is 1. The van der Waals surface area contributed by atoms with Gasteiger partial charge in [0.25, 0.3) is 0 Å². The van der Waals surface area contributed by atoms with Gasteiger partial charge in [-0.25, -0.2) is 4.79 Å². The highest BCUT2D eigenvalue weighted by atomic mass is 16.6. The lowest BCUT2D eigenvalue weighted by molar-refractivity contribution is -0.0926. The van der Waals surface area contributed by atoms with Crippen LogP contribution in [0.1, 0.15) is 44.6 Å². The van der Waals surface area contributed by atoms with Crippen molar-refractivity contribution in [3.05, 3.63) is 18.0 Å². The van der Waals surface area contributed by atoms with Crippen LogP contribution in [-0.2, 0) is 16.5 Å². The second-order valence-electron chi connectivity index (χ2n) is 6.33. The summed E-state index contributed by atoms with van der Waals surface area (Å²) in [5.74, 6) is -0.362. The van der Waals surface area contributed by atoms with Crippen LogP contribution in [0.2, 0.25) is 0 Å². The number of carbonyl (C=O) groups is 1. The molecular formula is C14H22N2O3. The fourth-order valence-electron chi connectivity index (χ4n) is 2.68. The fourth-order valence-corrected chi connectivity index (χ4v) is 2.68. The van der Waals surface area contributed by atoms with Crippen molar-refractivity contribution in [1.29, 1.82) is 0 Å². The third-order valence-corrected chi connectivity index (χ3v) is 3.48. The predicted molar refractivity (Wildman–Crippen MR) is 72.9 cm³/mol. The molecule has 1 unspecified atom stereocenters. The van der Waals surface area contributed by atoms with Crippen LogP contribution in [-0.4, -0.2) is 27.8 Å². The van der Waals surface area contributed by atoms with E-state index >= 15 is 0 Å². The van der Waals surface area contributed by atoms with E-state index in [2.05, 4.69) is 0 Å². The van der Waals surface area contributed by atoms with Gasteiger partial charge in [-0.05, 0) is 33.8 Å². The third-order valence-electron chi connectivity index (χ3n) is 3.48. The molecule has 2 rings (SSSR count). The number of aromatic nitrogens is 1. The zero-order valence-corrected chi connectivity index (χ0v) is 12.2. The largest absolute Gasteiger partial charge is 0.455 e. The van der Waals surface area contributed by atoms with Gasteiger partial charge in [0.15, 0.2) is 0 Å². The molecule has 19 heavy (non-hydrogen) atoms. The SMILES string of the molecule is Cn1cc(N)cc1C(=O)OC1CC(C)(C)OC1(C)C. The quantitative estimate of drug-likeness (QED) is 0.833. The maximum atomic E-state index is 12.2. The average Bonchev–Trinajstić information content (AvgIpc) is 2.63. The van der Waals surface area contributed by atoms with Crippen LogP contribution in [0.3, 0.4) is 0 Å². The number of rotatable bonds is 2. The van der Waals surface area contributed by atoms with E-state index in [1.807, 2.05) is 27.7 Å². The molecular weight excluding hydrogens is 244 g/mol. The van der Waals surface area contributed by atoms with Crippen molar-refractivity contribution in [1.82, 2.24) is 4.57 Å². The summed E-state index contributed by atoms with van der Waals surface area (Å²) < 4.78 is 13.2. The second-order valence-corrected chi connectivity index (χ2v) is 6.33. The maximum Gasteiger partial charge on any atom is 0.355 e. The van der Waals surface area contributed by atoms with Gasteiger partial charge in [-0.3, -0.25) is 0 Å². The molecule has 0 saturated carbocycles. The van der Waals surface area contributed by atoms with Crippen molar-refractivity contribution in [2.75, 3.05) is 5.73 Å². The van der Waals surface area contributed by atoms with Gasteiger partial charge >= 0.3 is 5.97 Å². The molecule has 1 atom stereocenters. The molecule has 2 heterocycles. The molecule has 0 amide bonds. The van der Waals surface area contributed by atoms with Gasteiger partial charge in [0.1, 0.15) is 17.4 Å². The summed E-state index contributed by atoms with van der Waals surface area (Å²) in [6.07, 6.45) is 2.12. The van der Waals surface area contributed by atoms with Crippen molar-refractivity contribution in [2.45, 2.75) is 51.4 Å². The summed E-state index contributed by atoms with van der Waals surface area (Å²) in [5.41, 5.74) is 5.93. The number of nitrogen functional groups attached to an aromatic ring is 1. The maximum absolute atomic E-state index is 12.2. The van der Waals surface area contributed by atoms with Gasteiger partial charge in [0, 0.05) is 19.7 Å². The molecule has 1 aliphatic heterocycles. The molecule has 1 fully saturated rings. The van der Waals surface area contributed by atoms with Crippen LogP contribution < -0.4 is 5.73 Å². The Morgan fingerprint density at radius 1 is 1.47 bits per heavy atom. The second kappa shape index (κ2) is 4.27. The number of anilines is 1. The molecule has 1 aliphatic rings. The van der Waals surface area contributed by atoms with E-state index in [9.17, 15) is 4.79 Å². The van der Waals surface area contributed by atoms with E-state index in [0.717, 1.165) is 0 Å². The van der Waals surface area contributed by atoms with Crippen LogP contribution in [0.5, 0.6) is 0 Å². The number of aryl methyl sites for hydroxylation is 1. The number of hydrogen-bond acceptors (Lipinski definition) is 4. The average molecular weight is 266 g/mol. The van der Waals surface area contributed by atoms with Crippen LogP contribution in [0.25, 0.3) is 0 Å². The van der Waals surface area contributed by atoms with Crippen molar-refractivity contribution in [2.24, 2.45) is 7.05 Å². The van der Waals surface area contributed by atoms with E-state index < -0.39 is 5.60 Å². The lowest BCUT2D eigenvalue weighted by atomic mass is 9.97. The summed E-state index contributed by atoms with van der Waals surface area (Å²) in [4.78, 5) is 12.2. The van der Waals surface area contributed by atoms with E-state index in [-0.39, 0.29) is 17.7 Å². The Bertz CT molecular complexity index is 503. The minimum Gasteiger partial charge on any atom is -0.455 e. The zero-order chi connectivity index (χ0) is 14.4. The molecule has 1 aromatic rings. The molecule has 0 aromatic carbocycles. The van der Waals surface area contributed by atoms with Gasteiger partial charge in [-0.15, -0.1) is 0 Å². The zero-order valence-electron chi connectivity index (χ0n) is 12.2. The highest BCUT2D eigenvalue weighted by Crippen LogP contribution is 2.39. The molecule has 0 bridgehead atoms. The van der Waals surface area contributed by atoms with E-state index in [1.165, 1.54) is 0 Å². The van der Waals surface area contributed by atoms with Crippen LogP contribution >= 0.6 is 0 Å². The lowest BCUT2D eigenvalue weighted by Gasteiger charge is -2.26. The highest BCUT2D eigenvalue weighted by molar-refractivity contribution is 5.89. The summed E-state index contributed by atoms with van der Waals surface area (Å²) in [7, 11) is 1.77. The van der Waals surface area contributed by atoms with Gasteiger partial charge in [-0.1, -0.05) is 0 Å². The lowest BCUT2D eigenvalue weighted by Crippen LogP contribution is -2.36. The minimum atomic E-state index is -0.476. The Kier molecular flexibility index (Phi) is 3.13. The predicted octanol–water partition coefficient (Wildman–Crippen LogP) is 2.11. The fraction of sp³-hybridized carbons (Fsp3) is 0.643. The normalized spacial score (nSPS) is 24.4. The molecule has 106 valence electrons. The summed E-state index contributed by atoms with van der Waals surface area (Å²) in [6.45, 7) is 7.89. The summed E-state index contributed by atoms with van der Waals surface area (Å²) in [6, 6.07) is 1.62. The molecule has 1 saturated heterocycles. The van der Waals surface area contributed by atoms with E-state index in [1.54, 1.807) is 23.9 Å². The van der Waals surface area contributed by atoms with Gasteiger partial charge in [0.05, 0.1) is 11.3 Å². The number of hydrogen-bond donors (Lipinski definition) is 1. The van der Waals surface area contributed by atoms with Crippen molar-refractivity contribution in [3.63, 3.8) is 0 Å². The first-order valence-corrected chi connectivity index (χ1v) is 6.44. The number of esters is 1. The molecule has 1 aromatic heterocycles. The smallest absolute Gasteiger partial charge is 0.355 e. The van der Waals surface area contributed by atoms with Crippen LogP contribution in [0.15, 0.2) is 12.3 Å². The Morgan fingerprint density at radius 3 is 2.53 bits per heavy atom. The first kappa shape index (κ1) is 13.9. The van der Waals surface area contributed by atoms with Crippen molar-refractivity contribution >= 4 is 11.7 Å². The Hall–Kier alpha value is -1.49. The van der Waals surface area contributed by atoms with Crippen molar-refractivity contribution < 1.29 is 14.3 Å². The van der Waals surface area contributed by atoms with Gasteiger partial charge < -0.3 is 19.8 Å². The van der Waals surface area contributed by atoms with E-state index in [0.29, 0.717) is 17.8 Å². The summed E-state index contributed by atoms with van der Waals surface area (Å²) >= 11 is 0. The van der Waals surface area contributed by atoms with E-state index in [4.69, 9.17) is 15.2 Å². The standard InChI is InChI=1S/C14H22N2O3/c1-13(2)7-11(14(3,4)19-13)18-12(17)10-6-9(15)8-16(10)5/h6,8,11H,7,15H2,1-5H3. The minimum absolute atomic E-state index is 0.258. The monoisotopic (exact) mass is 266 g/mol. The number of ether oxygens (including phenoxy) is 2. The van der Waals surface area contributed by atoms with Gasteiger partial charge in [0.2, 0.25) is 0 Å². The molecule has 0 radical (unpaired) electrons. The van der Waals surface area contributed by atoms with Gasteiger partial charge in [-0.2, -0.15) is 0 Å². The molecule has 2 N–H and O–H groups in total. The third kappa shape index (κ3) is 2.76. The first-order chi connectivity index (χ1) is 8.61. The van der Waals surface area contributed by atoms with Crippen molar-refractivity contribution in [3.8, 4) is 0 Å². The molecule has 5 nitrogen and oxygen atoms in total.